The third kappa shape index (κ3) is 2.94. The zero-order valence-corrected chi connectivity index (χ0v) is 10.0. The van der Waals surface area contributed by atoms with Gasteiger partial charge in [0.2, 0.25) is 0 Å². The van der Waals surface area contributed by atoms with Crippen molar-refractivity contribution >= 4 is 0 Å². The molecular weight excluding hydrogens is 217 g/mol. The van der Waals surface area contributed by atoms with Gasteiger partial charge in [0.05, 0.1) is 12.3 Å². The molecule has 0 radical (unpaired) electrons. The maximum absolute atomic E-state index is 13.5. The smallest absolute Gasteiger partial charge is 0.127 e. The standard InChI is InChI=1S/C14H16FNO/c1-10-5-6-13(15)12(8-10)9-16-11(2)14-4-3-7-17-14/h3-8,11,16H,9H2,1-2H3/t11-/m1/s1. The van der Waals surface area contributed by atoms with Gasteiger partial charge in [0.15, 0.2) is 0 Å². The SMILES string of the molecule is Cc1ccc(F)c(CN[C@H](C)c2ccco2)c1. The maximum Gasteiger partial charge on any atom is 0.127 e. The predicted molar refractivity (Wildman–Crippen MR) is 65.1 cm³/mol. The molecule has 1 aromatic carbocycles. The van der Waals surface area contributed by atoms with Crippen molar-refractivity contribution < 1.29 is 8.81 Å². The Kier molecular flexibility index (Phi) is 3.59. The molecule has 0 saturated carbocycles. The van der Waals surface area contributed by atoms with Gasteiger partial charge in [-0.1, -0.05) is 17.7 Å². The largest absolute Gasteiger partial charge is 0.468 e. The second kappa shape index (κ2) is 5.15. The van der Waals surface area contributed by atoms with Crippen LogP contribution in [0.25, 0.3) is 0 Å². The van der Waals surface area contributed by atoms with Gasteiger partial charge in [0, 0.05) is 12.1 Å². The second-order valence-corrected chi connectivity index (χ2v) is 4.21. The molecule has 0 unspecified atom stereocenters. The number of benzene rings is 1. The molecule has 0 aliphatic rings. The van der Waals surface area contributed by atoms with Crippen molar-refractivity contribution in [2.24, 2.45) is 0 Å². The first-order valence-electron chi connectivity index (χ1n) is 5.68. The highest BCUT2D eigenvalue weighted by Crippen LogP contribution is 2.15. The molecule has 1 aromatic heterocycles. The van der Waals surface area contributed by atoms with Crippen LogP contribution < -0.4 is 5.32 Å². The van der Waals surface area contributed by atoms with Gasteiger partial charge in [-0.15, -0.1) is 0 Å². The van der Waals surface area contributed by atoms with E-state index in [0.717, 1.165) is 11.3 Å². The fraction of sp³-hybridized carbons (Fsp3) is 0.286. The summed E-state index contributed by atoms with van der Waals surface area (Å²) in [5.41, 5.74) is 1.75. The van der Waals surface area contributed by atoms with Crippen molar-refractivity contribution in [2.75, 3.05) is 0 Å². The average molecular weight is 233 g/mol. The highest BCUT2D eigenvalue weighted by Gasteiger charge is 2.09. The van der Waals surface area contributed by atoms with Gasteiger partial charge in [-0.25, -0.2) is 4.39 Å². The molecule has 0 spiro atoms. The lowest BCUT2D eigenvalue weighted by molar-refractivity contribution is 0.427. The number of halogens is 1. The number of rotatable bonds is 4. The van der Waals surface area contributed by atoms with Gasteiger partial charge >= 0.3 is 0 Å². The van der Waals surface area contributed by atoms with E-state index in [9.17, 15) is 4.39 Å². The summed E-state index contributed by atoms with van der Waals surface area (Å²) in [4.78, 5) is 0. The summed E-state index contributed by atoms with van der Waals surface area (Å²) in [7, 11) is 0. The number of aryl methyl sites for hydroxylation is 1. The molecule has 0 aliphatic carbocycles. The zero-order valence-electron chi connectivity index (χ0n) is 10.0. The fourth-order valence-corrected chi connectivity index (χ4v) is 1.74. The first kappa shape index (κ1) is 11.9. The summed E-state index contributed by atoms with van der Waals surface area (Å²) in [5, 5.41) is 3.24. The van der Waals surface area contributed by atoms with E-state index >= 15 is 0 Å². The van der Waals surface area contributed by atoms with Crippen molar-refractivity contribution in [1.82, 2.24) is 5.32 Å². The molecule has 0 amide bonds. The van der Waals surface area contributed by atoms with Crippen LogP contribution in [0.1, 0.15) is 29.9 Å². The molecule has 0 fully saturated rings. The number of hydrogen-bond donors (Lipinski definition) is 1. The topological polar surface area (TPSA) is 25.2 Å². The van der Waals surface area contributed by atoms with Gasteiger partial charge in [0.1, 0.15) is 11.6 Å². The Bertz CT molecular complexity index is 479. The average Bonchev–Trinajstić information content (AvgIpc) is 2.83. The molecule has 0 bridgehead atoms. The summed E-state index contributed by atoms with van der Waals surface area (Å²) >= 11 is 0. The zero-order chi connectivity index (χ0) is 12.3. The Balaban J connectivity index is 2.00. The van der Waals surface area contributed by atoms with Crippen molar-refractivity contribution in [3.63, 3.8) is 0 Å². The van der Waals surface area contributed by atoms with Crippen LogP contribution >= 0.6 is 0 Å². The maximum atomic E-state index is 13.5. The molecular formula is C14H16FNO. The van der Waals surface area contributed by atoms with Crippen LogP contribution in [0.5, 0.6) is 0 Å². The van der Waals surface area contributed by atoms with Crippen molar-refractivity contribution in [2.45, 2.75) is 26.4 Å². The van der Waals surface area contributed by atoms with E-state index in [4.69, 9.17) is 4.42 Å². The van der Waals surface area contributed by atoms with E-state index < -0.39 is 0 Å². The highest BCUT2D eigenvalue weighted by molar-refractivity contribution is 5.24. The quantitative estimate of drug-likeness (QED) is 0.873. The second-order valence-electron chi connectivity index (χ2n) is 4.21. The fourth-order valence-electron chi connectivity index (χ4n) is 1.74. The Hall–Kier alpha value is -1.61. The van der Waals surface area contributed by atoms with Gasteiger partial charge in [-0.05, 0) is 32.0 Å². The molecule has 2 nitrogen and oxygen atoms in total. The van der Waals surface area contributed by atoms with E-state index in [0.29, 0.717) is 12.1 Å². The van der Waals surface area contributed by atoms with Crippen LogP contribution in [0.4, 0.5) is 4.39 Å². The Morgan fingerprint density at radius 2 is 2.18 bits per heavy atom. The Morgan fingerprint density at radius 3 is 2.88 bits per heavy atom. The van der Waals surface area contributed by atoms with Crippen molar-refractivity contribution in [3.05, 3.63) is 59.3 Å². The van der Waals surface area contributed by atoms with E-state index in [1.807, 2.05) is 32.0 Å². The molecule has 2 rings (SSSR count). The van der Waals surface area contributed by atoms with Crippen LogP contribution in [-0.4, -0.2) is 0 Å². The summed E-state index contributed by atoms with van der Waals surface area (Å²) < 4.78 is 18.8. The van der Waals surface area contributed by atoms with E-state index in [1.165, 1.54) is 6.07 Å². The van der Waals surface area contributed by atoms with E-state index in [2.05, 4.69) is 5.32 Å². The summed E-state index contributed by atoms with van der Waals surface area (Å²) in [6.45, 7) is 4.45. The Labute approximate surface area is 100 Å². The van der Waals surface area contributed by atoms with E-state index in [-0.39, 0.29) is 11.9 Å². The van der Waals surface area contributed by atoms with Crippen molar-refractivity contribution in [3.8, 4) is 0 Å². The molecule has 1 heterocycles. The molecule has 0 aliphatic heterocycles. The number of hydrogen-bond acceptors (Lipinski definition) is 2. The number of furan rings is 1. The lowest BCUT2D eigenvalue weighted by atomic mass is 10.1. The minimum atomic E-state index is -0.172. The molecule has 1 N–H and O–H groups in total. The summed E-state index contributed by atoms with van der Waals surface area (Å²) in [6, 6.07) is 8.96. The lowest BCUT2D eigenvalue weighted by Gasteiger charge is -2.12. The molecule has 17 heavy (non-hydrogen) atoms. The molecule has 0 saturated heterocycles. The predicted octanol–water partition coefficient (Wildman–Crippen LogP) is 3.58. The van der Waals surface area contributed by atoms with Gasteiger partial charge in [-0.2, -0.15) is 0 Å². The Morgan fingerprint density at radius 1 is 1.35 bits per heavy atom. The minimum Gasteiger partial charge on any atom is -0.468 e. The van der Waals surface area contributed by atoms with Crippen LogP contribution in [0.3, 0.4) is 0 Å². The summed E-state index contributed by atoms with van der Waals surface area (Å²) in [5.74, 6) is 0.688. The highest BCUT2D eigenvalue weighted by atomic mass is 19.1. The lowest BCUT2D eigenvalue weighted by Crippen LogP contribution is -2.18. The molecule has 2 aromatic rings. The van der Waals surface area contributed by atoms with E-state index in [1.54, 1.807) is 12.3 Å². The number of nitrogens with one attached hydrogen (secondary N) is 1. The molecule has 1 atom stereocenters. The normalized spacial score (nSPS) is 12.6. The third-order valence-electron chi connectivity index (χ3n) is 2.77. The van der Waals surface area contributed by atoms with Crippen molar-refractivity contribution in [1.29, 1.82) is 0 Å². The van der Waals surface area contributed by atoms with Crippen LogP contribution in [0.15, 0.2) is 41.0 Å². The van der Waals surface area contributed by atoms with Crippen LogP contribution in [0, 0.1) is 12.7 Å². The van der Waals surface area contributed by atoms with Crippen LogP contribution in [0.2, 0.25) is 0 Å². The third-order valence-corrected chi connectivity index (χ3v) is 2.77. The first-order valence-corrected chi connectivity index (χ1v) is 5.68. The van der Waals surface area contributed by atoms with Gasteiger partial charge in [0.25, 0.3) is 0 Å². The summed E-state index contributed by atoms with van der Waals surface area (Å²) in [6.07, 6.45) is 1.64. The first-order chi connectivity index (χ1) is 8.16. The van der Waals surface area contributed by atoms with Gasteiger partial charge < -0.3 is 9.73 Å². The minimum absolute atomic E-state index is 0.0740. The monoisotopic (exact) mass is 233 g/mol. The van der Waals surface area contributed by atoms with Crippen LogP contribution in [-0.2, 0) is 6.54 Å². The van der Waals surface area contributed by atoms with Gasteiger partial charge in [-0.3, -0.25) is 0 Å². The molecule has 3 heteroatoms. The molecule has 90 valence electrons.